The maximum absolute atomic E-state index is 10.3. The summed E-state index contributed by atoms with van der Waals surface area (Å²) < 4.78 is 6.28. The number of aromatic hydroxyl groups is 2. The molecule has 0 heterocycles. The Bertz CT molecular complexity index is 806. The number of phenols is 2. The molecule has 2 unspecified atom stereocenters. The molecule has 0 spiro atoms. The van der Waals surface area contributed by atoms with Crippen molar-refractivity contribution in [1.82, 2.24) is 0 Å². The Morgan fingerprint density at radius 3 is 1.52 bits per heavy atom. The number of benzene rings is 2. The summed E-state index contributed by atoms with van der Waals surface area (Å²) in [4.78, 5) is 0. The van der Waals surface area contributed by atoms with E-state index in [9.17, 15) is 10.2 Å². The minimum absolute atomic E-state index is 0.136. The van der Waals surface area contributed by atoms with E-state index in [0.717, 1.165) is 38.5 Å². The largest absolute Gasteiger partial charge is 0.508 e. The van der Waals surface area contributed by atoms with E-state index in [1.54, 1.807) is 36.4 Å². The van der Waals surface area contributed by atoms with Gasteiger partial charge in [-0.2, -0.15) is 0 Å². The molecule has 0 bridgehead atoms. The first kappa shape index (κ1) is 22.4. The topological polar surface area (TPSA) is 49.7 Å². The van der Waals surface area contributed by atoms with Crippen LogP contribution < -0.4 is 0 Å². The molecule has 2 atom stereocenters. The number of hydrogen-bond donors (Lipinski definition) is 2. The van der Waals surface area contributed by atoms with Gasteiger partial charge in [-0.05, 0) is 25.0 Å². The number of hydrogen-bond acceptors (Lipinski definition) is 3. The van der Waals surface area contributed by atoms with E-state index < -0.39 is 12.2 Å². The van der Waals surface area contributed by atoms with Crippen LogP contribution >= 0.6 is 0 Å². The second kappa shape index (κ2) is 12.6. The second-order valence-electron chi connectivity index (χ2n) is 6.86. The molecule has 0 aliphatic carbocycles. The zero-order chi connectivity index (χ0) is 20.9. The summed E-state index contributed by atoms with van der Waals surface area (Å²) in [5, 5.41) is 20.7. The van der Waals surface area contributed by atoms with Crippen molar-refractivity contribution >= 4 is 0 Å². The molecule has 0 saturated carbocycles. The van der Waals surface area contributed by atoms with Crippen molar-refractivity contribution in [2.45, 2.75) is 64.6 Å². The highest BCUT2D eigenvalue weighted by Gasteiger charge is 2.21. The van der Waals surface area contributed by atoms with Gasteiger partial charge in [-0.1, -0.05) is 74.9 Å². The summed E-state index contributed by atoms with van der Waals surface area (Å²) in [5.41, 5.74) is 1.21. The van der Waals surface area contributed by atoms with E-state index in [2.05, 4.69) is 37.5 Å². The zero-order valence-corrected chi connectivity index (χ0v) is 17.3. The number of phenolic OH excluding ortho intramolecular Hbond substituents is 2. The fraction of sp³-hybridized carbons (Fsp3) is 0.385. The molecule has 0 fully saturated rings. The zero-order valence-electron chi connectivity index (χ0n) is 17.3. The predicted octanol–water partition coefficient (Wildman–Crippen LogP) is 6.28. The normalized spacial score (nSPS) is 12.2. The Balaban J connectivity index is 2.37. The van der Waals surface area contributed by atoms with Crippen molar-refractivity contribution < 1.29 is 14.9 Å². The van der Waals surface area contributed by atoms with Crippen molar-refractivity contribution in [2.24, 2.45) is 0 Å². The van der Waals surface area contributed by atoms with Crippen LogP contribution in [-0.2, 0) is 4.74 Å². The van der Waals surface area contributed by atoms with Crippen LogP contribution in [0.3, 0.4) is 0 Å². The molecule has 2 rings (SSSR count). The first-order valence-corrected chi connectivity index (χ1v) is 10.3. The summed E-state index contributed by atoms with van der Waals surface area (Å²) in [6, 6.07) is 14.1. The average Bonchev–Trinajstić information content (AvgIpc) is 2.73. The molecule has 0 aliphatic heterocycles. The van der Waals surface area contributed by atoms with Crippen LogP contribution in [0.4, 0.5) is 0 Å². The van der Waals surface area contributed by atoms with Gasteiger partial charge < -0.3 is 14.9 Å². The molecule has 0 saturated heterocycles. The fourth-order valence-corrected chi connectivity index (χ4v) is 2.78. The number of unbranched alkanes of at least 4 members (excludes halogenated alkanes) is 4. The molecule has 29 heavy (non-hydrogen) atoms. The van der Waals surface area contributed by atoms with E-state index in [1.165, 1.54) is 0 Å². The third-order valence-corrected chi connectivity index (χ3v) is 4.49. The first-order chi connectivity index (χ1) is 14.2. The monoisotopic (exact) mass is 390 g/mol. The van der Waals surface area contributed by atoms with Gasteiger partial charge in [-0.3, -0.25) is 0 Å². The highest BCUT2D eigenvalue weighted by Crippen LogP contribution is 2.34. The molecule has 2 N–H and O–H groups in total. The molecule has 2 aromatic rings. The van der Waals surface area contributed by atoms with Crippen LogP contribution in [0.15, 0.2) is 48.5 Å². The molecule has 152 valence electrons. The summed E-state index contributed by atoms with van der Waals surface area (Å²) >= 11 is 0. The van der Waals surface area contributed by atoms with Gasteiger partial charge in [0.25, 0.3) is 0 Å². The van der Waals surface area contributed by atoms with Gasteiger partial charge in [0, 0.05) is 24.0 Å². The van der Waals surface area contributed by atoms with E-state index >= 15 is 0 Å². The molecule has 0 aliphatic rings. The quantitative estimate of drug-likeness (QED) is 0.412. The van der Waals surface area contributed by atoms with Gasteiger partial charge in [0.05, 0.1) is 0 Å². The minimum Gasteiger partial charge on any atom is -0.508 e. The fourth-order valence-electron chi connectivity index (χ4n) is 2.78. The molecule has 3 nitrogen and oxygen atoms in total. The average molecular weight is 391 g/mol. The molecular weight excluding hydrogens is 360 g/mol. The third kappa shape index (κ3) is 7.22. The molecular formula is C26H30O3. The van der Waals surface area contributed by atoms with Crippen molar-refractivity contribution in [1.29, 1.82) is 0 Å². The minimum atomic E-state index is -0.641. The Morgan fingerprint density at radius 1 is 0.724 bits per heavy atom. The number of rotatable bonds is 8. The Hall–Kier alpha value is -2.88. The van der Waals surface area contributed by atoms with Crippen LogP contribution in [0, 0.1) is 23.7 Å². The molecule has 0 aromatic heterocycles. The van der Waals surface area contributed by atoms with Crippen LogP contribution in [0.1, 0.15) is 75.7 Å². The van der Waals surface area contributed by atoms with Gasteiger partial charge in [0.15, 0.2) is 0 Å². The Morgan fingerprint density at radius 2 is 1.14 bits per heavy atom. The highest BCUT2D eigenvalue weighted by molar-refractivity contribution is 5.40. The van der Waals surface area contributed by atoms with Crippen LogP contribution in [0.5, 0.6) is 11.5 Å². The second-order valence-corrected chi connectivity index (χ2v) is 6.86. The highest BCUT2D eigenvalue weighted by atomic mass is 16.5. The lowest BCUT2D eigenvalue weighted by molar-refractivity contribution is 0.0486. The summed E-state index contributed by atoms with van der Waals surface area (Å²) in [6.07, 6.45) is 4.43. The van der Waals surface area contributed by atoms with Crippen LogP contribution in [-0.4, -0.2) is 10.2 Å². The van der Waals surface area contributed by atoms with E-state index in [-0.39, 0.29) is 11.5 Å². The lowest BCUT2D eigenvalue weighted by Crippen LogP contribution is -2.09. The lowest BCUT2D eigenvalue weighted by atomic mass is 10.1. The van der Waals surface area contributed by atoms with Gasteiger partial charge in [0.1, 0.15) is 23.7 Å². The SMILES string of the molecule is CCCCC#CC(OC(C#CCCCC)c1ccccc1O)c1ccccc1O. The summed E-state index contributed by atoms with van der Waals surface area (Å²) in [5.74, 6) is 12.9. The van der Waals surface area contributed by atoms with E-state index in [1.807, 2.05) is 12.1 Å². The smallest absolute Gasteiger partial charge is 0.149 e. The summed E-state index contributed by atoms with van der Waals surface area (Å²) in [6.45, 7) is 4.25. The standard InChI is InChI=1S/C26H30O3/c1-3-5-7-9-19-25(21-15-11-13-17-23(21)27)29-26(20-10-8-6-4-2)22-16-12-14-18-24(22)28/h11-18,25-28H,3-8H2,1-2H3. The predicted molar refractivity (Wildman–Crippen MR) is 117 cm³/mol. The first-order valence-electron chi connectivity index (χ1n) is 10.3. The van der Waals surface area contributed by atoms with E-state index in [4.69, 9.17) is 4.74 Å². The number of para-hydroxylation sites is 2. The van der Waals surface area contributed by atoms with Crippen LogP contribution in [0.2, 0.25) is 0 Å². The van der Waals surface area contributed by atoms with Crippen LogP contribution in [0.25, 0.3) is 0 Å². The van der Waals surface area contributed by atoms with Gasteiger partial charge in [-0.15, -0.1) is 11.8 Å². The molecule has 0 amide bonds. The van der Waals surface area contributed by atoms with Gasteiger partial charge in [0.2, 0.25) is 0 Å². The third-order valence-electron chi connectivity index (χ3n) is 4.49. The van der Waals surface area contributed by atoms with E-state index in [0.29, 0.717) is 11.1 Å². The Labute approximate surface area is 174 Å². The van der Waals surface area contributed by atoms with Crippen molar-refractivity contribution in [3.63, 3.8) is 0 Å². The molecule has 3 heteroatoms. The Kier molecular flexibility index (Phi) is 9.70. The molecule has 0 radical (unpaired) electrons. The summed E-state index contributed by atoms with van der Waals surface area (Å²) in [7, 11) is 0. The van der Waals surface area contributed by atoms with Gasteiger partial charge >= 0.3 is 0 Å². The van der Waals surface area contributed by atoms with Crippen molar-refractivity contribution in [3.8, 4) is 35.2 Å². The van der Waals surface area contributed by atoms with Crippen molar-refractivity contribution in [2.75, 3.05) is 0 Å². The lowest BCUT2D eigenvalue weighted by Gasteiger charge is -2.20. The van der Waals surface area contributed by atoms with Crippen molar-refractivity contribution in [3.05, 3.63) is 59.7 Å². The maximum Gasteiger partial charge on any atom is 0.149 e. The number of ether oxygens (including phenoxy) is 1. The van der Waals surface area contributed by atoms with Gasteiger partial charge in [-0.25, -0.2) is 0 Å². The molecule has 2 aromatic carbocycles. The maximum atomic E-state index is 10.3.